The Morgan fingerprint density at radius 2 is 2.33 bits per heavy atom. The highest BCUT2D eigenvalue weighted by Gasteiger charge is 2.10. The summed E-state index contributed by atoms with van der Waals surface area (Å²) < 4.78 is 1.73. The zero-order chi connectivity index (χ0) is 13.1. The maximum Gasteiger partial charge on any atom is 0.257 e. The molecule has 1 amide bonds. The van der Waals surface area contributed by atoms with Crippen molar-refractivity contribution in [2.45, 2.75) is 13.5 Å². The number of rotatable bonds is 3. The number of nitrogens with zero attached hydrogens (tertiary/aromatic N) is 2. The first-order valence-corrected chi connectivity index (χ1v) is 5.52. The van der Waals surface area contributed by atoms with Crippen molar-refractivity contribution in [3.8, 4) is 0 Å². The molecule has 0 saturated carbocycles. The van der Waals surface area contributed by atoms with Gasteiger partial charge in [-0.1, -0.05) is 0 Å². The number of pyridine rings is 1. The van der Waals surface area contributed by atoms with Crippen LogP contribution < -0.4 is 10.7 Å². The fourth-order valence-electron chi connectivity index (χ4n) is 1.58. The van der Waals surface area contributed by atoms with Crippen LogP contribution in [-0.2, 0) is 13.6 Å². The molecule has 2 aromatic heterocycles. The molecule has 2 N–H and O–H groups in total. The van der Waals surface area contributed by atoms with Crippen molar-refractivity contribution in [3.05, 3.63) is 51.7 Å². The summed E-state index contributed by atoms with van der Waals surface area (Å²) in [5.74, 6) is -0.389. The van der Waals surface area contributed by atoms with E-state index in [9.17, 15) is 9.59 Å². The van der Waals surface area contributed by atoms with Gasteiger partial charge in [-0.15, -0.1) is 0 Å². The van der Waals surface area contributed by atoms with Crippen LogP contribution in [0.2, 0.25) is 0 Å². The fourth-order valence-corrected chi connectivity index (χ4v) is 1.58. The number of H-pyrrole nitrogens is 1. The molecule has 6 nitrogen and oxygen atoms in total. The van der Waals surface area contributed by atoms with E-state index in [1.54, 1.807) is 10.9 Å². The van der Waals surface area contributed by atoms with Gasteiger partial charge in [-0.3, -0.25) is 14.3 Å². The quantitative estimate of drug-likeness (QED) is 0.820. The van der Waals surface area contributed by atoms with Gasteiger partial charge in [0.15, 0.2) is 5.43 Å². The van der Waals surface area contributed by atoms with Gasteiger partial charge >= 0.3 is 0 Å². The number of nitrogens with one attached hydrogen (secondary N) is 2. The van der Waals surface area contributed by atoms with Crippen LogP contribution in [0.15, 0.2) is 29.5 Å². The lowest BCUT2D eigenvalue weighted by Crippen LogP contribution is -2.28. The minimum absolute atomic E-state index is 0.110. The summed E-state index contributed by atoms with van der Waals surface area (Å²) in [7, 11) is 1.84. The molecule has 18 heavy (non-hydrogen) atoms. The number of hydrogen-bond donors (Lipinski definition) is 2. The van der Waals surface area contributed by atoms with Crippen molar-refractivity contribution in [1.29, 1.82) is 0 Å². The summed E-state index contributed by atoms with van der Waals surface area (Å²) in [5.41, 5.74) is 1.73. The predicted octanol–water partition coefficient (Wildman–Crippen LogP) is 0.347. The number of aromatic nitrogens is 3. The van der Waals surface area contributed by atoms with E-state index in [0.717, 1.165) is 11.3 Å². The first kappa shape index (κ1) is 12.1. The minimum atomic E-state index is -0.389. The van der Waals surface area contributed by atoms with Crippen molar-refractivity contribution in [3.63, 3.8) is 0 Å². The van der Waals surface area contributed by atoms with Gasteiger partial charge in [-0.25, -0.2) is 0 Å². The molecule has 0 fully saturated rings. The number of aryl methyl sites for hydroxylation is 1. The minimum Gasteiger partial charge on any atom is -0.367 e. The number of amides is 1. The molecule has 0 unspecified atom stereocenters. The summed E-state index contributed by atoms with van der Waals surface area (Å²) in [6.07, 6.45) is 4.59. The molecule has 0 bridgehead atoms. The molecule has 0 radical (unpaired) electrons. The van der Waals surface area contributed by atoms with Crippen LogP contribution in [0.3, 0.4) is 0 Å². The second-order valence-corrected chi connectivity index (χ2v) is 3.98. The van der Waals surface area contributed by atoms with E-state index in [2.05, 4.69) is 15.4 Å². The first-order valence-electron chi connectivity index (χ1n) is 5.52. The summed E-state index contributed by atoms with van der Waals surface area (Å²) in [4.78, 5) is 26.0. The van der Waals surface area contributed by atoms with Crippen LogP contribution in [0.4, 0.5) is 0 Å². The summed E-state index contributed by atoms with van der Waals surface area (Å²) in [5, 5.41) is 6.78. The topological polar surface area (TPSA) is 79.8 Å². The molecule has 0 saturated heterocycles. The van der Waals surface area contributed by atoms with E-state index in [1.807, 2.05) is 14.0 Å². The van der Waals surface area contributed by atoms with Crippen LogP contribution in [0.1, 0.15) is 21.6 Å². The fraction of sp³-hybridized carbons (Fsp3) is 0.250. The maximum atomic E-state index is 11.8. The molecule has 0 aliphatic rings. The zero-order valence-corrected chi connectivity index (χ0v) is 10.2. The molecule has 0 aliphatic carbocycles. The Labute approximate surface area is 104 Å². The number of carbonyl (C=O) groups excluding carboxylic acids is 1. The normalized spacial score (nSPS) is 10.3. The molecule has 2 rings (SSSR count). The second kappa shape index (κ2) is 4.87. The van der Waals surface area contributed by atoms with Crippen LogP contribution >= 0.6 is 0 Å². The van der Waals surface area contributed by atoms with E-state index in [0.29, 0.717) is 6.54 Å². The van der Waals surface area contributed by atoms with Gasteiger partial charge in [0.05, 0.1) is 6.20 Å². The third-order valence-electron chi connectivity index (χ3n) is 2.84. The van der Waals surface area contributed by atoms with Crippen LogP contribution in [-0.4, -0.2) is 20.7 Å². The Morgan fingerprint density at radius 3 is 2.94 bits per heavy atom. The van der Waals surface area contributed by atoms with Gasteiger partial charge in [0, 0.05) is 43.3 Å². The largest absolute Gasteiger partial charge is 0.367 e. The smallest absolute Gasteiger partial charge is 0.257 e. The summed E-state index contributed by atoms with van der Waals surface area (Å²) >= 11 is 0. The Bertz CT molecular complexity index is 627. The zero-order valence-electron chi connectivity index (χ0n) is 10.2. The molecule has 0 atom stereocenters. The highest BCUT2D eigenvalue weighted by atomic mass is 16.2. The van der Waals surface area contributed by atoms with E-state index >= 15 is 0 Å². The molecule has 2 heterocycles. The standard InChI is InChI=1S/C12H14N4O2/c1-8-9(6-15-16(8)2)5-14-12(18)10-7-13-4-3-11(10)17/h3-4,6-7H,5H2,1-2H3,(H,13,17)(H,14,18). The van der Waals surface area contributed by atoms with Crippen LogP contribution in [0.25, 0.3) is 0 Å². The number of aromatic amines is 1. The highest BCUT2D eigenvalue weighted by molar-refractivity contribution is 5.93. The van der Waals surface area contributed by atoms with Crippen molar-refractivity contribution in [2.75, 3.05) is 0 Å². The van der Waals surface area contributed by atoms with Crippen molar-refractivity contribution >= 4 is 5.91 Å². The van der Waals surface area contributed by atoms with Gasteiger partial charge in [-0.05, 0) is 6.92 Å². The molecule has 6 heteroatoms. The molecule has 0 aliphatic heterocycles. The molecular formula is C12H14N4O2. The van der Waals surface area contributed by atoms with Crippen molar-refractivity contribution in [2.24, 2.45) is 7.05 Å². The van der Waals surface area contributed by atoms with Crippen LogP contribution in [0, 0.1) is 6.92 Å². The van der Waals surface area contributed by atoms with Gasteiger partial charge in [0.2, 0.25) is 0 Å². The van der Waals surface area contributed by atoms with E-state index < -0.39 is 0 Å². The summed E-state index contributed by atoms with van der Waals surface area (Å²) in [6.45, 7) is 2.27. The SMILES string of the molecule is Cc1c(CNC(=O)c2c[nH]ccc2=O)cnn1C. The molecule has 0 spiro atoms. The van der Waals surface area contributed by atoms with Gasteiger partial charge in [0.1, 0.15) is 5.56 Å². The Balaban J connectivity index is 2.08. The third-order valence-corrected chi connectivity index (χ3v) is 2.84. The lowest BCUT2D eigenvalue weighted by atomic mass is 10.2. The average Bonchev–Trinajstić information content (AvgIpc) is 2.68. The van der Waals surface area contributed by atoms with Gasteiger partial charge < -0.3 is 10.3 Å². The highest BCUT2D eigenvalue weighted by Crippen LogP contribution is 2.04. The Hall–Kier alpha value is -2.37. The van der Waals surface area contributed by atoms with Gasteiger partial charge in [0.25, 0.3) is 5.91 Å². The van der Waals surface area contributed by atoms with Crippen LogP contribution in [0.5, 0.6) is 0 Å². The predicted molar refractivity (Wildman–Crippen MR) is 66.2 cm³/mol. The average molecular weight is 246 g/mol. The summed E-state index contributed by atoms with van der Waals surface area (Å²) in [6, 6.07) is 1.32. The molecule has 0 aromatic carbocycles. The molecule has 94 valence electrons. The Morgan fingerprint density at radius 1 is 1.56 bits per heavy atom. The third kappa shape index (κ3) is 2.32. The molecule has 2 aromatic rings. The Kier molecular flexibility index (Phi) is 3.27. The van der Waals surface area contributed by atoms with E-state index in [4.69, 9.17) is 0 Å². The monoisotopic (exact) mass is 246 g/mol. The van der Waals surface area contributed by atoms with Crippen molar-refractivity contribution < 1.29 is 4.79 Å². The molecular weight excluding hydrogens is 232 g/mol. The van der Waals surface area contributed by atoms with E-state index in [1.165, 1.54) is 18.5 Å². The lowest BCUT2D eigenvalue weighted by Gasteiger charge is -2.04. The maximum absolute atomic E-state index is 11.8. The first-order chi connectivity index (χ1) is 8.59. The number of hydrogen-bond acceptors (Lipinski definition) is 3. The second-order valence-electron chi connectivity index (χ2n) is 3.98. The van der Waals surface area contributed by atoms with E-state index in [-0.39, 0.29) is 16.9 Å². The number of carbonyl (C=O) groups is 1. The lowest BCUT2D eigenvalue weighted by molar-refractivity contribution is 0.0949. The van der Waals surface area contributed by atoms with Gasteiger partial charge in [-0.2, -0.15) is 5.10 Å². The van der Waals surface area contributed by atoms with Crippen molar-refractivity contribution in [1.82, 2.24) is 20.1 Å².